The van der Waals surface area contributed by atoms with Crippen LogP contribution in [0.2, 0.25) is 5.02 Å². The van der Waals surface area contributed by atoms with E-state index in [0.29, 0.717) is 39.7 Å². The van der Waals surface area contributed by atoms with Crippen LogP contribution in [0.4, 0.5) is 5.82 Å². The maximum atomic E-state index is 12.6. The Morgan fingerprint density at radius 1 is 1.20 bits per heavy atom. The normalized spacial score (nSPS) is 18.8. The number of benzene rings is 2. The van der Waals surface area contributed by atoms with Gasteiger partial charge in [-0.3, -0.25) is 0 Å². The van der Waals surface area contributed by atoms with Crippen molar-refractivity contribution in [3.63, 3.8) is 0 Å². The van der Waals surface area contributed by atoms with Crippen LogP contribution in [-0.2, 0) is 16.4 Å². The second-order valence-corrected chi connectivity index (χ2v) is 8.53. The highest BCUT2D eigenvalue weighted by atomic mass is 35.5. The molecule has 0 amide bonds. The van der Waals surface area contributed by atoms with Crippen LogP contribution in [0, 0.1) is 6.85 Å². The first-order chi connectivity index (χ1) is 13.1. The van der Waals surface area contributed by atoms with Gasteiger partial charge in [0, 0.05) is 22.6 Å². The number of halogens is 1. The Labute approximate surface area is 156 Å². The molecule has 0 saturated carbocycles. The molecule has 1 aromatic heterocycles. The zero-order valence-electron chi connectivity index (χ0n) is 16.2. The molecule has 0 spiro atoms. The SMILES string of the molecule is [2H]C([2H])([2H])c1ccc2nc(N3CCS(=O)(=O)c4ccccc4C3)cc(Cl)c2c1. The van der Waals surface area contributed by atoms with Gasteiger partial charge in [-0.15, -0.1) is 0 Å². The van der Waals surface area contributed by atoms with Gasteiger partial charge in [0.05, 0.1) is 21.2 Å². The fourth-order valence-electron chi connectivity index (χ4n) is 3.09. The molecule has 0 unspecified atom stereocenters. The molecule has 2 aromatic carbocycles. The predicted molar refractivity (Wildman–Crippen MR) is 101 cm³/mol. The van der Waals surface area contributed by atoms with E-state index < -0.39 is 16.7 Å². The molecule has 1 aliphatic heterocycles. The van der Waals surface area contributed by atoms with Crippen molar-refractivity contribution < 1.29 is 12.5 Å². The van der Waals surface area contributed by atoms with Gasteiger partial charge >= 0.3 is 0 Å². The van der Waals surface area contributed by atoms with Gasteiger partial charge in [0.25, 0.3) is 0 Å². The largest absolute Gasteiger partial charge is 0.351 e. The van der Waals surface area contributed by atoms with Crippen LogP contribution in [0.25, 0.3) is 10.9 Å². The summed E-state index contributed by atoms with van der Waals surface area (Å²) in [4.78, 5) is 6.84. The predicted octanol–water partition coefficient (Wildman–Crippen LogP) is 3.99. The van der Waals surface area contributed by atoms with Crippen LogP contribution in [0.3, 0.4) is 0 Å². The van der Waals surface area contributed by atoms with E-state index in [1.165, 1.54) is 12.1 Å². The second kappa shape index (κ2) is 6.00. The monoisotopic (exact) mass is 375 g/mol. The molecule has 0 radical (unpaired) electrons. The van der Waals surface area contributed by atoms with Crippen molar-refractivity contribution in [2.24, 2.45) is 0 Å². The molecule has 0 bridgehead atoms. The van der Waals surface area contributed by atoms with Gasteiger partial charge in [-0.1, -0.05) is 41.4 Å². The molecule has 4 nitrogen and oxygen atoms in total. The lowest BCUT2D eigenvalue weighted by Crippen LogP contribution is -2.26. The fourth-order valence-corrected chi connectivity index (χ4v) is 4.84. The summed E-state index contributed by atoms with van der Waals surface area (Å²) in [5.41, 5.74) is 1.48. The van der Waals surface area contributed by atoms with E-state index in [2.05, 4.69) is 4.98 Å². The van der Waals surface area contributed by atoms with Crippen LogP contribution >= 0.6 is 11.6 Å². The fraction of sp³-hybridized carbons (Fsp3) is 0.211. The molecule has 1 aliphatic rings. The summed E-state index contributed by atoms with van der Waals surface area (Å²) in [6.45, 7) is -1.53. The highest BCUT2D eigenvalue weighted by molar-refractivity contribution is 7.91. The molecule has 128 valence electrons. The standard InChI is InChI=1S/C19H17ClN2O2S/c1-13-6-7-17-15(10-13)16(20)11-19(21-17)22-8-9-25(23,24)18-5-3-2-4-14(18)12-22/h2-7,10-11H,8-9,12H2,1H3/i1D3. The molecule has 0 saturated heterocycles. The van der Waals surface area contributed by atoms with Gasteiger partial charge in [0.2, 0.25) is 0 Å². The number of aryl methyl sites for hydroxylation is 1. The first kappa shape index (κ1) is 13.1. The van der Waals surface area contributed by atoms with Crippen molar-refractivity contribution >= 4 is 38.2 Å². The Balaban J connectivity index is 1.78. The minimum Gasteiger partial charge on any atom is -0.351 e. The molecule has 0 aliphatic carbocycles. The highest BCUT2D eigenvalue weighted by Gasteiger charge is 2.26. The number of hydrogen-bond donors (Lipinski definition) is 0. The van der Waals surface area contributed by atoms with E-state index in [-0.39, 0.29) is 11.3 Å². The molecule has 25 heavy (non-hydrogen) atoms. The Bertz CT molecular complexity index is 1180. The number of anilines is 1. The first-order valence-electron chi connectivity index (χ1n) is 9.31. The highest BCUT2D eigenvalue weighted by Crippen LogP contribution is 2.30. The van der Waals surface area contributed by atoms with Gasteiger partial charge in [-0.05, 0) is 36.7 Å². The van der Waals surface area contributed by atoms with E-state index in [9.17, 15) is 8.42 Å². The van der Waals surface area contributed by atoms with Crippen LogP contribution in [0.1, 0.15) is 15.2 Å². The zero-order valence-corrected chi connectivity index (χ0v) is 14.8. The summed E-state index contributed by atoms with van der Waals surface area (Å²) in [5.74, 6) is 0.547. The molecule has 0 N–H and O–H groups in total. The third-order valence-electron chi connectivity index (χ3n) is 4.37. The second-order valence-electron chi connectivity index (χ2n) is 6.04. The van der Waals surface area contributed by atoms with Crippen LogP contribution in [0.15, 0.2) is 53.4 Å². The molecule has 0 atom stereocenters. The summed E-state index contributed by atoms with van der Waals surface area (Å²) in [6, 6.07) is 13.3. The minimum atomic E-state index is -3.36. The van der Waals surface area contributed by atoms with Crippen molar-refractivity contribution in [1.29, 1.82) is 0 Å². The third-order valence-corrected chi connectivity index (χ3v) is 6.47. The van der Waals surface area contributed by atoms with Crippen molar-refractivity contribution in [2.45, 2.75) is 18.3 Å². The molecule has 0 fully saturated rings. The average Bonchev–Trinajstić information content (AvgIpc) is 2.77. The lowest BCUT2D eigenvalue weighted by Gasteiger charge is -2.22. The van der Waals surface area contributed by atoms with Gasteiger partial charge in [-0.2, -0.15) is 0 Å². The summed E-state index contributed by atoms with van der Waals surface area (Å²) < 4.78 is 47.8. The summed E-state index contributed by atoms with van der Waals surface area (Å²) in [7, 11) is -3.36. The quantitative estimate of drug-likeness (QED) is 0.645. The molecule has 2 heterocycles. The molecule has 4 rings (SSSR count). The lowest BCUT2D eigenvalue weighted by atomic mass is 10.1. The minimum absolute atomic E-state index is 0.0145. The Morgan fingerprint density at radius 3 is 2.88 bits per heavy atom. The summed E-state index contributed by atoms with van der Waals surface area (Å²) in [5, 5.41) is 0.938. The van der Waals surface area contributed by atoms with Crippen LogP contribution in [0.5, 0.6) is 0 Å². The van der Waals surface area contributed by atoms with Crippen molar-refractivity contribution in [3.8, 4) is 0 Å². The van der Waals surface area contributed by atoms with Crippen molar-refractivity contribution in [3.05, 3.63) is 64.7 Å². The number of nitrogens with zero attached hydrogens (tertiary/aromatic N) is 2. The molecular weight excluding hydrogens is 356 g/mol. The van der Waals surface area contributed by atoms with Gasteiger partial charge in [0.1, 0.15) is 5.82 Å². The maximum absolute atomic E-state index is 12.6. The van der Waals surface area contributed by atoms with Crippen LogP contribution < -0.4 is 4.90 Å². The summed E-state index contributed by atoms with van der Waals surface area (Å²) in [6.07, 6.45) is 0. The third kappa shape index (κ3) is 2.98. The van der Waals surface area contributed by atoms with E-state index in [1.807, 2.05) is 11.0 Å². The van der Waals surface area contributed by atoms with Gasteiger partial charge < -0.3 is 4.90 Å². The van der Waals surface area contributed by atoms with Crippen molar-refractivity contribution in [2.75, 3.05) is 17.2 Å². The number of rotatable bonds is 1. The number of sulfone groups is 1. The Hall–Kier alpha value is -2.11. The maximum Gasteiger partial charge on any atom is 0.180 e. The molecule has 3 aromatic rings. The van der Waals surface area contributed by atoms with Crippen molar-refractivity contribution in [1.82, 2.24) is 4.98 Å². The molecule has 6 heteroatoms. The van der Waals surface area contributed by atoms with E-state index in [4.69, 9.17) is 15.7 Å². The number of hydrogen-bond acceptors (Lipinski definition) is 4. The van der Waals surface area contributed by atoms with E-state index in [1.54, 1.807) is 30.3 Å². The first-order valence-corrected chi connectivity index (χ1v) is 9.84. The smallest absolute Gasteiger partial charge is 0.180 e. The van der Waals surface area contributed by atoms with E-state index in [0.717, 1.165) is 5.56 Å². The van der Waals surface area contributed by atoms with Gasteiger partial charge in [0.15, 0.2) is 9.84 Å². The zero-order chi connectivity index (χ0) is 20.1. The van der Waals surface area contributed by atoms with Gasteiger partial charge in [-0.25, -0.2) is 13.4 Å². The topological polar surface area (TPSA) is 50.3 Å². The number of aromatic nitrogens is 1. The number of pyridine rings is 1. The Morgan fingerprint density at radius 2 is 2.04 bits per heavy atom. The summed E-state index contributed by atoms with van der Waals surface area (Å²) >= 11 is 6.43. The van der Waals surface area contributed by atoms with Crippen LogP contribution in [-0.4, -0.2) is 25.7 Å². The Kier molecular flexibility index (Phi) is 3.16. The number of fused-ring (bicyclic) bond motifs is 2. The average molecular weight is 376 g/mol. The van der Waals surface area contributed by atoms with E-state index >= 15 is 0 Å². The lowest BCUT2D eigenvalue weighted by molar-refractivity contribution is 0.596. The molecular formula is C19H17ClN2O2S.